The van der Waals surface area contributed by atoms with Crippen LogP contribution in [0.2, 0.25) is 0 Å². The Morgan fingerprint density at radius 3 is 2.15 bits per heavy atom. The van der Waals surface area contributed by atoms with Gasteiger partial charge in [-0.05, 0) is 42.5 Å². The van der Waals surface area contributed by atoms with Gasteiger partial charge in [-0.1, -0.05) is 0 Å². The van der Waals surface area contributed by atoms with E-state index < -0.39 is 42.6 Å². The number of rotatable bonds is 6. The number of amides is 2. The van der Waals surface area contributed by atoms with Crippen LogP contribution in [-0.2, 0) is 9.53 Å². The summed E-state index contributed by atoms with van der Waals surface area (Å²) in [5.74, 6) is -5.53. The molecule has 0 aliphatic heterocycles. The summed E-state index contributed by atoms with van der Waals surface area (Å²) in [6, 6.07) is 6.79. The van der Waals surface area contributed by atoms with Crippen molar-refractivity contribution < 1.29 is 41.4 Å². The van der Waals surface area contributed by atoms with Crippen LogP contribution in [0.3, 0.4) is 0 Å². The standard InChI is InChI=1S/C17H11F4NO5/c18-12-6-3-10(7-13(12)19)16(25)26-8-14(23)22-15(24)9-1-4-11(5-2-9)27-17(20)21/h1-7,17H,8H2,(H,22,23,24). The van der Waals surface area contributed by atoms with Crippen molar-refractivity contribution in [3.63, 3.8) is 0 Å². The number of benzene rings is 2. The number of carbonyl (C=O) groups is 3. The Balaban J connectivity index is 1.86. The van der Waals surface area contributed by atoms with Gasteiger partial charge >= 0.3 is 12.6 Å². The summed E-state index contributed by atoms with van der Waals surface area (Å²) < 4.78 is 58.6. The van der Waals surface area contributed by atoms with Gasteiger partial charge in [0.25, 0.3) is 11.8 Å². The molecule has 142 valence electrons. The molecule has 0 heterocycles. The summed E-state index contributed by atoms with van der Waals surface area (Å²) in [5.41, 5.74) is -0.348. The Morgan fingerprint density at radius 2 is 1.56 bits per heavy atom. The van der Waals surface area contributed by atoms with E-state index >= 15 is 0 Å². The SMILES string of the molecule is O=C(COC(=O)c1ccc(F)c(F)c1)NC(=O)c1ccc(OC(F)F)cc1. The number of alkyl halides is 2. The quantitative estimate of drug-likeness (QED) is 0.611. The van der Waals surface area contributed by atoms with Crippen LogP contribution in [0, 0.1) is 11.6 Å². The molecule has 0 saturated heterocycles. The maximum absolute atomic E-state index is 13.0. The third-order valence-electron chi connectivity index (χ3n) is 3.08. The van der Waals surface area contributed by atoms with E-state index in [1.807, 2.05) is 5.32 Å². The molecular weight excluding hydrogens is 374 g/mol. The molecule has 1 N–H and O–H groups in total. The topological polar surface area (TPSA) is 81.7 Å². The molecule has 0 aliphatic rings. The normalized spacial score (nSPS) is 10.4. The molecule has 0 unspecified atom stereocenters. The van der Waals surface area contributed by atoms with Crippen molar-refractivity contribution in [3.8, 4) is 5.75 Å². The van der Waals surface area contributed by atoms with E-state index in [4.69, 9.17) is 0 Å². The predicted molar refractivity (Wildman–Crippen MR) is 82.2 cm³/mol. The van der Waals surface area contributed by atoms with Crippen molar-refractivity contribution >= 4 is 17.8 Å². The Hall–Kier alpha value is -3.43. The fraction of sp³-hybridized carbons (Fsp3) is 0.118. The lowest BCUT2D eigenvalue weighted by atomic mass is 10.2. The van der Waals surface area contributed by atoms with Gasteiger partial charge < -0.3 is 9.47 Å². The van der Waals surface area contributed by atoms with Crippen LogP contribution in [0.4, 0.5) is 17.6 Å². The Bertz CT molecular complexity index is 855. The minimum Gasteiger partial charge on any atom is -0.452 e. The van der Waals surface area contributed by atoms with E-state index in [1.165, 1.54) is 0 Å². The molecule has 27 heavy (non-hydrogen) atoms. The number of nitrogens with one attached hydrogen (secondary N) is 1. The van der Waals surface area contributed by atoms with Crippen molar-refractivity contribution in [1.82, 2.24) is 5.32 Å². The monoisotopic (exact) mass is 385 g/mol. The van der Waals surface area contributed by atoms with Gasteiger partial charge in [0.1, 0.15) is 5.75 Å². The van der Waals surface area contributed by atoms with Gasteiger partial charge in [-0.15, -0.1) is 0 Å². The Labute approximate surface area is 149 Å². The van der Waals surface area contributed by atoms with E-state index in [2.05, 4.69) is 9.47 Å². The average molecular weight is 385 g/mol. The first-order valence-electron chi connectivity index (χ1n) is 7.27. The lowest BCUT2D eigenvalue weighted by Gasteiger charge is -2.07. The predicted octanol–water partition coefficient (Wildman–Crippen LogP) is 2.68. The van der Waals surface area contributed by atoms with Gasteiger partial charge in [0, 0.05) is 5.56 Å². The van der Waals surface area contributed by atoms with Crippen molar-refractivity contribution in [1.29, 1.82) is 0 Å². The van der Waals surface area contributed by atoms with Crippen molar-refractivity contribution in [2.24, 2.45) is 0 Å². The first kappa shape index (κ1) is 19.9. The maximum atomic E-state index is 13.0. The molecule has 0 radical (unpaired) electrons. The number of carbonyl (C=O) groups excluding carboxylic acids is 3. The smallest absolute Gasteiger partial charge is 0.387 e. The summed E-state index contributed by atoms with van der Waals surface area (Å²) in [4.78, 5) is 35.1. The zero-order chi connectivity index (χ0) is 20.0. The second-order valence-electron chi connectivity index (χ2n) is 4.99. The van der Waals surface area contributed by atoms with Crippen LogP contribution in [0.25, 0.3) is 0 Å². The summed E-state index contributed by atoms with van der Waals surface area (Å²) in [5, 5.41) is 1.91. The molecule has 0 saturated carbocycles. The molecule has 2 aromatic rings. The zero-order valence-corrected chi connectivity index (χ0v) is 13.4. The first-order valence-corrected chi connectivity index (χ1v) is 7.27. The van der Waals surface area contributed by atoms with Crippen molar-refractivity contribution in [2.45, 2.75) is 6.61 Å². The van der Waals surface area contributed by atoms with Gasteiger partial charge in [0.15, 0.2) is 18.2 Å². The molecule has 10 heteroatoms. The third-order valence-corrected chi connectivity index (χ3v) is 3.08. The molecule has 2 aromatic carbocycles. The summed E-state index contributed by atoms with van der Waals surface area (Å²) in [6.45, 7) is -3.87. The number of ether oxygens (including phenoxy) is 2. The van der Waals surface area contributed by atoms with E-state index in [-0.39, 0.29) is 16.9 Å². The number of esters is 1. The molecule has 2 amide bonds. The zero-order valence-electron chi connectivity index (χ0n) is 13.4. The summed E-state index contributed by atoms with van der Waals surface area (Å²) in [6.07, 6.45) is 0. The van der Waals surface area contributed by atoms with Crippen LogP contribution in [0.15, 0.2) is 42.5 Å². The lowest BCUT2D eigenvalue weighted by molar-refractivity contribution is -0.123. The molecular formula is C17H11F4NO5. The molecule has 6 nitrogen and oxygen atoms in total. The molecule has 2 rings (SSSR count). The number of imide groups is 1. The lowest BCUT2D eigenvalue weighted by Crippen LogP contribution is -2.34. The third kappa shape index (κ3) is 5.80. The highest BCUT2D eigenvalue weighted by Crippen LogP contribution is 2.15. The maximum Gasteiger partial charge on any atom is 0.387 e. The molecule has 0 aromatic heterocycles. The molecule has 0 atom stereocenters. The fourth-order valence-electron chi connectivity index (χ4n) is 1.86. The van der Waals surface area contributed by atoms with Crippen LogP contribution in [-0.4, -0.2) is 31.0 Å². The van der Waals surface area contributed by atoms with Crippen LogP contribution < -0.4 is 10.1 Å². The minimum absolute atomic E-state index is 0.0306. The highest BCUT2D eigenvalue weighted by atomic mass is 19.3. The number of halogens is 4. The average Bonchev–Trinajstić information content (AvgIpc) is 2.62. The van der Waals surface area contributed by atoms with E-state index in [0.717, 1.165) is 36.4 Å². The Kier molecular flexibility index (Phi) is 6.47. The summed E-state index contributed by atoms with van der Waals surface area (Å²) in [7, 11) is 0. The molecule has 0 fully saturated rings. The van der Waals surface area contributed by atoms with Gasteiger partial charge in [-0.25, -0.2) is 13.6 Å². The minimum atomic E-state index is -3.02. The Morgan fingerprint density at radius 1 is 0.926 bits per heavy atom. The molecule has 0 aliphatic carbocycles. The summed E-state index contributed by atoms with van der Waals surface area (Å²) >= 11 is 0. The van der Waals surface area contributed by atoms with Crippen LogP contribution in [0.1, 0.15) is 20.7 Å². The fourth-order valence-corrected chi connectivity index (χ4v) is 1.86. The van der Waals surface area contributed by atoms with Crippen LogP contribution in [0.5, 0.6) is 5.75 Å². The number of hydrogen-bond donors (Lipinski definition) is 1. The number of hydrogen-bond acceptors (Lipinski definition) is 5. The highest BCUT2D eigenvalue weighted by molar-refractivity contribution is 6.05. The van der Waals surface area contributed by atoms with Gasteiger partial charge in [0.05, 0.1) is 5.56 Å². The second-order valence-corrected chi connectivity index (χ2v) is 4.99. The van der Waals surface area contributed by atoms with E-state index in [0.29, 0.717) is 6.07 Å². The largest absolute Gasteiger partial charge is 0.452 e. The van der Waals surface area contributed by atoms with Crippen molar-refractivity contribution in [2.75, 3.05) is 6.61 Å². The van der Waals surface area contributed by atoms with Gasteiger partial charge in [-0.3, -0.25) is 14.9 Å². The molecule has 0 bridgehead atoms. The van der Waals surface area contributed by atoms with Crippen LogP contribution >= 0.6 is 0 Å². The van der Waals surface area contributed by atoms with Crippen molar-refractivity contribution in [3.05, 3.63) is 65.2 Å². The second kappa shape index (κ2) is 8.79. The van der Waals surface area contributed by atoms with E-state index in [1.54, 1.807) is 0 Å². The first-order chi connectivity index (χ1) is 12.8. The van der Waals surface area contributed by atoms with E-state index in [9.17, 15) is 31.9 Å². The highest BCUT2D eigenvalue weighted by Gasteiger charge is 2.15. The van der Waals surface area contributed by atoms with Gasteiger partial charge in [0.2, 0.25) is 0 Å². The van der Waals surface area contributed by atoms with Gasteiger partial charge in [-0.2, -0.15) is 8.78 Å². The molecule has 0 spiro atoms.